The van der Waals surface area contributed by atoms with Crippen LogP contribution in [0.25, 0.3) is 0 Å². The van der Waals surface area contributed by atoms with E-state index in [1.165, 1.54) is 31.4 Å². The van der Waals surface area contributed by atoms with Crippen molar-refractivity contribution in [3.05, 3.63) is 53.5 Å². The number of hydrogen-bond donors (Lipinski definition) is 3. The van der Waals surface area contributed by atoms with Gasteiger partial charge in [0.25, 0.3) is 0 Å². The quantitative estimate of drug-likeness (QED) is 0.626. The summed E-state index contributed by atoms with van der Waals surface area (Å²) in [6, 6.07) is 9.86. The first-order chi connectivity index (χ1) is 14.2. The first-order valence-corrected chi connectivity index (χ1v) is 9.81. The number of rotatable bonds is 7. The minimum absolute atomic E-state index is 0.0286. The molecule has 1 fully saturated rings. The van der Waals surface area contributed by atoms with Crippen LogP contribution in [0.15, 0.2) is 36.5 Å². The summed E-state index contributed by atoms with van der Waals surface area (Å²) >= 11 is 0. The first kappa shape index (κ1) is 20.4. The molecule has 3 N–H and O–H groups in total. The van der Waals surface area contributed by atoms with E-state index in [9.17, 15) is 9.18 Å². The van der Waals surface area contributed by atoms with Crippen LogP contribution in [-0.2, 0) is 6.54 Å². The molecule has 0 unspecified atom stereocenters. The Morgan fingerprint density at radius 3 is 2.79 bits per heavy atom. The van der Waals surface area contributed by atoms with Crippen LogP contribution < -0.4 is 20.9 Å². The highest BCUT2D eigenvalue weighted by molar-refractivity contribution is 5.73. The van der Waals surface area contributed by atoms with E-state index >= 15 is 0 Å². The first-order valence-electron chi connectivity index (χ1n) is 9.81. The number of halogens is 1. The molecular weight excluding hydrogens is 371 g/mol. The number of anilines is 2. The third-order valence-electron chi connectivity index (χ3n) is 4.79. The summed E-state index contributed by atoms with van der Waals surface area (Å²) in [4.78, 5) is 18.7. The number of nitrogens with one attached hydrogen (secondary N) is 3. The zero-order chi connectivity index (χ0) is 20.5. The fourth-order valence-electron chi connectivity index (χ4n) is 3.27. The van der Waals surface area contributed by atoms with Crippen molar-refractivity contribution in [1.29, 1.82) is 5.26 Å². The summed E-state index contributed by atoms with van der Waals surface area (Å²) in [5.74, 6) is 0.390. The second-order valence-electron chi connectivity index (χ2n) is 6.88. The molecule has 152 valence electrons. The molecule has 1 aromatic heterocycles. The van der Waals surface area contributed by atoms with Crippen LogP contribution in [0.3, 0.4) is 0 Å². The Hall–Kier alpha value is -3.34. The van der Waals surface area contributed by atoms with Gasteiger partial charge < -0.3 is 20.9 Å². The summed E-state index contributed by atoms with van der Waals surface area (Å²) in [7, 11) is 0. The fraction of sp³-hybridized carbons (Fsp3) is 0.381. The van der Waals surface area contributed by atoms with Crippen molar-refractivity contribution in [2.24, 2.45) is 0 Å². The fourth-order valence-corrected chi connectivity index (χ4v) is 3.27. The predicted molar refractivity (Wildman–Crippen MR) is 110 cm³/mol. The molecule has 3 rings (SSSR count). The number of nitrogens with zero attached hydrogens (tertiary/aromatic N) is 3. The largest absolute Gasteiger partial charge is 0.382 e. The van der Waals surface area contributed by atoms with E-state index in [2.05, 4.69) is 25.8 Å². The van der Waals surface area contributed by atoms with E-state index in [0.717, 1.165) is 24.5 Å². The van der Waals surface area contributed by atoms with Crippen molar-refractivity contribution in [3.8, 4) is 6.07 Å². The Kier molecular flexibility index (Phi) is 7.22. The van der Waals surface area contributed by atoms with E-state index in [-0.39, 0.29) is 11.6 Å². The lowest BCUT2D eigenvalue weighted by Gasteiger charge is -2.27. The molecule has 1 aliphatic rings. The summed E-state index contributed by atoms with van der Waals surface area (Å²) in [5.41, 5.74) is 1.38. The number of pyridine rings is 1. The van der Waals surface area contributed by atoms with Crippen LogP contribution in [0.2, 0.25) is 0 Å². The van der Waals surface area contributed by atoms with E-state index in [1.807, 2.05) is 18.2 Å². The van der Waals surface area contributed by atoms with Crippen molar-refractivity contribution >= 4 is 17.5 Å². The van der Waals surface area contributed by atoms with Gasteiger partial charge in [0.05, 0.1) is 5.69 Å². The topological polar surface area (TPSA) is 93.1 Å². The molecule has 1 aromatic carbocycles. The number of hydrogen-bond acceptors (Lipinski definition) is 5. The normalized spacial score (nSPS) is 13.4. The molecule has 2 aromatic rings. The highest BCUT2D eigenvalue weighted by Crippen LogP contribution is 2.18. The summed E-state index contributed by atoms with van der Waals surface area (Å²) in [6.07, 6.45) is 5.41. The molecule has 0 saturated carbocycles. The molecule has 1 saturated heterocycles. The van der Waals surface area contributed by atoms with Gasteiger partial charge in [0.2, 0.25) is 0 Å². The van der Waals surface area contributed by atoms with Crippen molar-refractivity contribution in [2.45, 2.75) is 25.8 Å². The molecule has 0 spiro atoms. The lowest BCUT2D eigenvalue weighted by Crippen LogP contribution is -2.37. The van der Waals surface area contributed by atoms with Crippen LogP contribution in [0.4, 0.5) is 20.7 Å². The average Bonchev–Trinajstić information content (AvgIpc) is 2.76. The Bertz CT molecular complexity index is 876. The van der Waals surface area contributed by atoms with E-state index in [0.29, 0.717) is 25.3 Å². The van der Waals surface area contributed by atoms with E-state index in [4.69, 9.17) is 5.26 Å². The molecule has 1 aliphatic heterocycles. The van der Waals surface area contributed by atoms with Crippen LogP contribution >= 0.6 is 0 Å². The molecule has 0 radical (unpaired) electrons. The number of carbonyl (C=O) groups excluding carboxylic acids is 1. The number of piperidine rings is 1. The van der Waals surface area contributed by atoms with Crippen LogP contribution in [0, 0.1) is 17.1 Å². The molecule has 0 aliphatic carbocycles. The van der Waals surface area contributed by atoms with Crippen molar-refractivity contribution in [1.82, 2.24) is 15.6 Å². The standard InChI is InChI=1S/C21H25FN6O/c22-18-5-4-6-19(17(18)14-23)24-9-10-26-21(29)27-15-16-7-8-25-20(13-16)28-11-2-1-3-12-28/h4-8,13,24H,1-3,9-12,15H2,(H2,26,27,29). The SMILES string of the molecule is N#Cc1c(F)cccc1NCCNC(=O)NCc1ccnc(N2CCCCC2)c1. The zero-order valence-electron chi connectivity index (χ0n) is 16.2. The van der Waals surface area contributed by atoms with E-state index in [1.54, 1.807) is 12.3 Å². The summed E-state index contributed by atoms with van der Waals surface area (Å²) < 4.78 is 13.5. The Balaban J connectivity index is 1.40. The van der Waals surface area contributed by atoms with Gasteiger partial charge in [-0.3, -0.25) is 0 Å². The molecule has 7 nitrogen and oxygen atoms in total. The zero-order valence-corrected chi connectivity index (χ0v) is 16.2. The number of urea groups is 1. The lowest BCUT2D eigenvalue weighted by atomic mass is 10.1. The molecular formula is C21H25FN6O. The van der Waals surface area contributed by atoms with Crippen molar-refractivity contribution < 1.29 is 9.18 Å². The highest BCUT2D eigenvalue weighted by atomic mass is 19.1. The van der Waals surface area contributed by atoms with Crippen LogP contribution in [0.1, 0.15) is 30.4 Å². The third-order valence-corrected chi connectivity index (χ3v) is 4.79. The van der Waals surface area contributed by atoms with Crippen LogP contribution in [0.5, 0.6) is 0 Å². The van der Waals surface area contributed by atoms with Crippen molar-refractivity contribution in [3.63, 3.8) is 0 Å². The minimum atomic E-state index is -0.565. The molecule has 0 bridgehead atoms. The van der Waals surface area contributed by atoms with Crippen molar-refractivity contribution in [2.75, 3.05) is 36.4 Å². The average molecular weight is 396 g/mol. The van der Waals surface area contributed by atoms with Gasteiger partial charge in [-0.2, -0.15) is 5.26 Å². The number of carbonyl (C=O) groups is 1. The van der Waals surface area contributed by atoms with Gasteiger partial charge in [-0.05, 0) is 49.1 Å². The number of nitriles is 1. The lowest BCUT2D eigenvalue weighted by molar-refractivity contribution is 0.241. The van der Waals surface area contributed by atoms with Gasteiger partial charge in [0, 0.05) is 38.9 Å². The Morgan fingerprint density at radius 1 is 1.17 bits per heavy atom. The molecule has 2 amide bonds. The molecule has 2 heterocycles. The van der Waals surface area contributed by atoms with Gasteiger partial charge in [-0.15, -0.1) is 0 Å². The summed E-state index contributed by atoms with van der Waals surface area (Å²) in [5, 5.41) is 17.5. The molecule has 8 heteroatoms. The van der Waals surface area contributed by atoms with Crippen LogP contribution in [-0.4, -0.2) is 37.2 Å². The van der Waals surface area contributed by atoms with Gasteiger partial charge in [-0.25, -0.2) is 14.2 Å². The van der Waals surface area contributed by atoms with E-state index < -0.39 is 5.82 Å². The smallest absolute Gasteiger partial charge is 0.315 e. The highest BCUT2D eigenvalue weighted by Gasteiger charge is 2.12. The number of benzene rings is 1. The van der Waals surface area contributed by atoms with Gasteiger partial charge in [0.1, 0.15) is 23.3 Å². The molecule has 29 heavy (non-hydrogen) atoms. The second kappa shape index (κ2) is 10.3. The maximum atomic E-state index is 13.5. The maximum absolute atomic E-state index is 13.5. The molecule has 0 atom stereocenters. The monoisotopic (exact) mass is 396 g/mol. The second-order valence-corrected chi connectivity index (χ2v) is 6.88. The Labute approximate surface area is 169 Å². The van der Waals surface area contributed by atoms with Gasteiger partial charge in [0.15, 0.2) is 0 Å². The van der Waals surface area contributed by atoms with Gasteiger partial charge >= 0.3 is 6.03 Å². The predicted octanol–water partition coefficient (Wildman–Crippen LogP) is 2.99. The Morgan fingerprint density at radius 2 is 2.00 bits per heavy atom. The third kappa shape index (κ3) is 5.82. The van der Waals surface area contributed by atoms with Gasteiger partial charge in [-0.1, -0.05) is 6.07 Å². The number of aromatic nitrogens is 1. The maximum Gasteiger partial charge on any atom is 0.315 e. The number of amides is 2. The minimum Gasteiger partial charge on any atom is -0.382 e. The summed E-state index contributed by atoms with van der Waals surface area (Å²) in [6.45, 7) is 3.17.